The van der Waals surface area contributed by atoms with Crippen molar-refractivity contribution in [3.8, 4) is 0 Å². The molecule has 1 atom stereocenters. The van der Waals surface area contributed by atoms with Gasteiger partial charge in [-0.15, -0.1) is 0 Å². The zero-order valence-corrected chi connectivity index (χ0v) is 16.9. The van der Waals surface area contributed by atoms with Crippen molar-refractivity contribution in [3.05, 3.63) is 70.3 Å². The van der Waals surface area contributed by atoms with Crippen LogP contribution in [0.25, 0.3) is 0 Å². The second-order valence-corrected chi connectivity index (χ2v) is 7.42. The Balaban J connectivity index is 1.61. The number of nitrogens with one attached hydrogen (secondary N) is 2. The van der Waals surface area contributed by atoms with E-state index in [2.05, 4.69) is 42.7 Å². The number of amides is 3. The number of carbonyl (C=O) groups is 2. The molecule has 0 spiro atoms. The molecule has 1 saturated heterocycles. The number of carbonyl (C=O) groups excluding carboxylic acids is 2. The molecule has 0 aromatic heterocycles. The van der Waals surface area contributed by atoms with Gasteiger partial charge in [-0.25, -0.2) is 4.79 Å². The summed E-state index contributed by atoms with van der Waals surface area (Å²) in [6.07, 6.45) is 2.73. The minimum absolute atomic E-state index is 0.00684. The topological polar surface area (TPSA) is 61.4 Å². The Bertz CT molecular complexity index is 842. The first-order chi connectivity index (χ1) is 13.5. The Hall–Kier alpha value is -2.82. The van der Waals surface area contributed by atoms with E-state index in [9.17, 15) is 9.59 Å². The van der Waals surface area contributed by atoms with Crippen molar-refractivity contribution in [2.45, 2.75) is 39.2 Å². The molecule has 148 valence electrons. The van der Waals surface area contributed by atoms with Gasteiger partial charge in [-0.1, -0.05) is 30.3 Å². The predicted molar refractivity (Wildman–Crippen MR) is 112 cm³/mol. The Kier molecular flexibility index (Phi) is 6.34. The minimum Gasteiger partial charge on any atom is -0.355 e. The third-order valence-corrected chi connectivity index (χ3v) is 5.50. The van der Waals surface area contributed by atoms with Crippen molar-refractivity contribution in [1.82, 2.24) is 15.5 Å². The summed E-state index contributed by atoms with van der Waals surface area (Å²) in [5.74, 6) is -0.0978. The smallest absolute Gasteiger partial charge is 0.317 e. The Labute approximate surface area is 167 Å². The van der Waals surface area contributed by atoms with Crippen LogP contribution in [0.2, 0.25) is 0 Å². The number of likely N-dealkylation sites (tertiary alicyclic amines) is 1. The molecule has 2 N–H and O–H groups in total. The highest BCUT2D eigenvalue weighted by Crippen LogP contribution is 2.35. The van der Waals surface area contributed by atoms with E-state index in [0.717, 1.165) is 24.9 Å². The third kappa shape index (κ3) is 4.35. The van der Waals surface area contributed by atoms with E-state index in [0.29, 0.717) is 18.5 Å². The molecule has 1 fully saturated rings. The molecule has 2 aromatic carbocycles. The van der Waals surface area contributed by atoms with E-state index in [-0.39, 0.29) is 18.0 Å². The fourth-order valence-corrected chi connectivity index (χ4v) is 4.09. The summed E-state index contributed by atoms with van der Waals surface area (Å²) in [6.45, 7) is 5.58. The molecule has 1 heterocycles. The van der Waals surface area contributed by atoms with Gasteiger partial charge in [0, 0.05) is 25.7 Å². The van der Waals surface area contributed by atoms with Crippen molar-refractivity contribution in [1.29, 1.82) is 0 Å². The van der Waals surface area contributed by atoms with Crippen LogP contribution in [0, 0.1) is 13.8 Å². The maximum Gasteiger partial charge on any atom is 0.317 e. The van der Waals surface area contributed by atoms with Crippen LogP contribution in [-0.2, 0) is 6.42 Å². The van der Waals surface area contributed by atoms with Crippen LogP contribution >= 0.6 is 0 Å². The summed E-state index contributed by atoms with van der Waals surface area (Å²) < 4.78 is 0. The van der Waals surface area contributed by atoms with Crippen LogP contribution in [0.15, 0.2) is 42.5 Å². The van der Waals surface area contributed by atoms with E-state index in [1.807, 2.05) is 23.1 Å². The van der Waals surface area contributed by atoms with Crippen LogP contribution < -0.4 is 10.6 Å². The molecule has 3 rings (SSSR count). The van der Waals surface area contributed by atoms with Crippen LogP contribution in [0.1, 0.15) is 51.5 Å². The van der Waals surface area contributed by atoms with Gasteiger partial charge < -0.3 is 15.5 Å². The lowest BCUT2D eigenvalue weighted by atomic mass is 9.94. The largest absolute Gasteiger partial charge is 0.355 e. The van der Waals surface area contributed by atoms with Gasteiger partial charge in [0.05, 0.1) is 6.04 Å². The first-order valence-corrected chi connectivity index (χ1v) is 9.93. The van der Waals surface area contributed by atoms with Gasteiger partial charge in [0.15, 0.2) is 0 Å². The third-order valence-electron chi connectivity index (χ3n) is 5.50. The lowest BCUT2D eigenvalue weighted by Gasteiger charge is -2.28. The molecule has 5 heteroatoms. The molecule has 1 unspecified atom stereocenters. The monoisotopic (exact) mass is 379 g/mol. The molecule has 0 bridgehead atoms. The van der Waals surface area contributed by atoms with E-state index < -0.39 is 0 Å². The molecule has 5 nitrogen and oxygen atoms in total. The summed E-state index contributed by atoms with van der Waals surface area (Å²) in [6, 6.07) is 14.0. The summed E-state index contributed by atoms with van der Waals surface area (Å²) in [5, 5.41) is 5.69. The van der Waals surface area contributed by atoms with Gasteiger partial charge in [-0.2, -0.15) is 0 Å². The molecule has 3 amide bonds. The van der Waals surface area contributed by atoms with Crippen molar-refractivity contribution in [3.63, 3.8) is 0 Å². The maximum atomic E-state index is 12.8. The molecule has 1 aliphatic rings. The van der Waals surface area contributed by atoms with Gasteiger partial charge >= 0.3 is 6.03 Å². The highest BCUT2D eigenvalue weighted by Gasteiger charge is 2.31. The Morgan fingerprint density at radius 1 is 1.11 bits per heavy atom. The van der Waals surface area contributed by atoms with Crippen LogP contribution in [0.3, 0.4) is 0 Å². The molecular weight excluding hydrogens is 350 g/mol. The van der Waals surface area contributed by atoms with E-state index >= 15 is 0 Å². The first kappa shape index (κ1) is 19.9. The Morgan fingerprint density at radius 3 is 2.54 bits per heavy atom. The van der Waals surface area contributed by atoms with Crippen LogP contribution in [0.5, 0.6) is 0 Å². The standard InChI is InChI=1S/C23H29N3O2/c1-16-7-4-8-17(2)21(16)20-11-6-14-26(20)23(28)25-13-12-18-9-5-10-19(15-18)22(27)24-3/h4-5,7-10,15,20H,6,11-14H2,1-3H3,(H,24,27)(H,25,28). The molecular formula is C23H29N3O2. The van der Waals surface area contributed by atoms with Crippen LogP contribution in [0.4, 0.5) is 4.79 Å². The second-order valence-electron chi connectivity index (χ2n) is 7.42. The number of benzene rings is 2. The number of urea groups is 1. The molecule has 0 radical (unpaired) electrons. The number of rotatable bonds is 5. The van der Waals surface area contributed by atoms with Gasteiger partial charge in [-0.05, 0) is 67.5 Å². The number of hydrogen-bond donors (Lipinski definition) is 2. The van der Waals surface area contributed by atoms with Gasteiger partial charge in [-0.3, -0.25) is 4.79 Å². The average Bonchev–Trinajstić information content (AvgIpc) is 3.17. The molecule has 2 aromatic rings. The fraction of sp³-hybridized carbons (Fsp3) is 0.391. The lowest BCUT2D eigenvalue weighted by Crippen LogP contribution is -2.40. The van der Waals surface area contributed by atoms with Gasteiger partial charge in [0.25, 0.3) is 5.91 Å². The highest BCUT2D eigenvalue weighted by atomic mass is 16.2. The number of hydrogen-bond acceptors (Lipinski definition) is 2. The van der Waals surface area contributed by atoms with E-state index in [4.69, 9.17) is 0 Å². The van der Waals surface area contributed by atoms with Crippen molar-refractivity contribution >= 4 is 11.9 Å². The summed E-state index contributed by atoms with van der Waals surface area (Å²) in [7, 11) is 1.62. The predicted octanol–water partition coefficient (Wildman–Crippen LogP) is 3.75. The molecule has 0 aliphatic carbocycles. The highest BCUT2D eigenvalue weighted by molar-refractivity contribution is 5.94. The first-order valence-electron chi connectivity index (χ1n) is 9.93. The van der Waals surface area contributed by atoms with Crippen molar-refractivity contribution < 1.29 is 9.59 Å². The Morgan fingerprint density at radius 2 is 1.82 bits per heavy atom. The summed E-state index contributed by atoms with van der Waals surface area (Å²) in [5.41, 5.74) is 5.45. The maximum absolute atomic E-state index is 12.8. The van der Waals surface area contributed by atoms with Crippen molar-refractivity contribution in [2.75, 3.05) is 20.1 Å². The van der Waals surface area contributed by atoms with E-state index in [1.54, 1.807) is 13.1 Å². The minimum atomic E-state index is -0.0978. The quantitative estimate of drug-likeness (QED) is 0.831. The van der Waals surface area contributed by atoms with Gasteiger partial charge in [0.1, 0.15) is 0 Å². The van der Waals surface area contributed by atoms with E-state index in [1.165, 1.54) is 16.7 Å². The lowest BCUT2D eigenvalue weighted by molar-refractivity contribution is 0.0963. The SMILES string of the molecule is CNC(=O)c1cccc(CCNC(=O)N2CCCC2c2c(C)cccc2C)c1. The zero-order valence-electron chi connectivity index (χ0n) is 16.9. The van der Waals surface area contributed by atoms with Crippen molar-refractivity contribution in [2.24, 2.45) is 0 Å². The average molecular weight is 380 g/mol. The number of aryl methyl sites for hydroxylation is 2. The summed E-state index contributed by atoms with van der Waals surface area (Å²) in [4.78, 5) is 26.5. The molecule has 1 aliphatic heterocycles. The van der Waals surface area contributed by atoms with Crippen LogP contribution in [-0.4, -0.2) is 37.0 Å². The normalized spacial score (nSPS) is 16.1. The number of nitrogens with zero attached hydrogens (tertiary/aromatic N) is 1. The molecule has 28 heavy (non-hydrogen) atoms. The second kappa shape index (κ2) is 8.91. The summed E-state index contributed by atoms with van der Waals surface area (Å²) >= 11 is 0. The van der Waals surface area contributed by atoms with Gasteiger partial charge in [0.2, 0.25) is 0 Å². The zero-order chi connectivity index (χ0) is 20.1. The fourth-order valence-electron chi connectivity index (χ4n) is 4.09. The molecule has 0 saturated carbocycles.